The van der Waals surface area contributed by atoms with Crippen LogP contribution in [-0.4, -0.2) is 35.2 Å². The Morgan fingerprint density at radius 1 is 1.42 bits per heavy atom. The van der Waals surface area contributed by atoms with Gasteiger partial charge < -0.3 is 14.6 Å². The van der Waals surface area contributed by atoms with Crippen molar-refractivity contribution in [3.63, 3.8) is 0 Å². The monoisotopic (exact) mass is 263 g/mol. The van der Waals surface area contributed by atoms with Crippen LogP contribution in [0.3, 0.4) is 0 Å². The van der Waals surface area contributed by atoms with Crippen molar-refractivity contribution >= 4 is 5.91 Å². The molecular formula is C14H21N3O2. The molecule has 1 heterocycles. The van der Waals surface area contributed by atoms with Gasteiger partial charge >= 0.3 is 0 Å². The molecule has 19 heavy (non-hydrogen) atoms. The number of amides is 1. The lowest BCUT2D eigenvalue weighted by Crippen LogP contribution is -2.33. The zero-order chi connectivity index (χ0) is 13.3. The summed E-state index contributed by atoms with van der Waals surface area (Å²) in [6.07, 6.45) is 12.5. The molecule has 5 nitrogen and oxygen atoms in total. The summed E-state index contributed by atoms with van der Waals surface area (Å²) < 4.78 is 7.43. The van der Waals surface area contributed by atoms with Crippen molar-refractivity contribution in [2.24, 2.45) is 5.92 Å². The van der Waals surface area contributed by atoms with Crippen molar-refractivity contribution in [1.82, 2.24) is 14.9 Å². The lowest BCUT2D eigenvalue weighted by Gasteiger charge is -2.17. The summed E-state index contributed by atoms with van der Waals surface area (Å²) in [4.78, 5) is 15.8. The lowest BCUT2D eigenvalue weighted by molar-refractivity contribution is -0.125. The van der Waals surface area contributed by atoms with Gasteiger partial charge in [0.15, 0.2) is 0 Å². The van der Waals surface area contributed by atoms with E-state index in [1.165, 1.54) is 0 Å². The molecule has 1 aliphatic carbocycles. The molecule has 1 aromatic heterocycles. The van der Waals surface area contributed by atoms with E-state index in [1.807, 2.05) is 10.8 Å². The quantitative estimate of drug-likeness (QED) is 0.597. The van der Waals surface area contributed by atoms with Crippen LogP contribution in [0.2, 0.25) is 0 Å². The second-order valence-electron chi connectivity index (χ2n) is 4.69. The molecule has 1 N–H and O–H groups in total. The molecule has 0 aromatic carbocycles. The van der Waals surface area contributed by atoms with Gasteiger partial charge in [0.1, 0.15) is 0 Å². The Bertz CT molecular complexity index is 401. The number of carbonyl (C=O) groups excluding carboxylic acids is 1. The average molecular weight is 263 g/mol. The molecule has 0 saturated carbocycles. The Kier molecular flexibility index (Phi) is 5.62. The molecule has 0 bridgehead atoms. The van der Waals surface area contributed by atoms with Gasteiger partial charge in [0.05, 0.1) is 19.5 Å². The van der Waals surface area contributed by atoms with Crippen LogP contribution < -0.4 is 5.32 Å². The largest absolute Gasteiger partial charge is 0.378 e. The van der Waals surface area contributed by atoms with E-state index in [4.69, 9.17) is 4.74 Å². The van der Waals surface area contributed by atoms with Crippen molar-refractivity contribution in [3.8, 4) is 0 Å². The van der Waals surface area contributed by atoms with E-state index in [2.05, 4.69) is 22.5 Å². The highest BCUT2D eigenvalue weighted by atomic mass is 16.5. The zero-order valence-corrected chi connectivity index (χ0v) is 11.1. The maximum atomic E-state index is 11.8. The molecule has 0 unspecified atom stereocenters. The van der Waals surface area contributed by atoms with Crippen LogP contribution in [0.15, 0.2) is 30.9 Å². The number of carbonyl (C=O) groups is 1. The predicted molar refractivity (Wildman–Crippen MR) is 72.5 cm³/mol. The van der Waals surface area contributed by atoms with Crippen LogP contribution in [0, 0.1) is 5.92 Å². The first-order valence-corrected chi connectivity index (χ1v) is 6.82. The van der Waals surface area contributed by atoms with Crippen molar-refractivity contribution in [2.75, 3.05) is 19.8 Å². The zero-order valence-electron chi connectivity index (χ0n) is 11.1. The Balaban J connectivity index is 1.49. The van der Waals surface area contributed by atoms with Crippen molar-refractivity contribution in [2.45, 2.75) is 25.8 Å². The van der Waals surface area contributed by atoms with Gasteiger partial charge in [0, 0.05) is 31.4 Å². The van der Waals surface area contributed by atoms with E-state index in [9.17, 15) is 4.79 Å². The van der Waals surface area contributed by atoms with E-state index in [1.54, 1.807) is 12.5 Å². The van der Waals surface area contributed by atoms with Gasteiger partial charge in [-0.2, -0.15) is 0 Å². The van der Waals surface area contributed by atoms with Crippen LogP contribution in [0.4, 0.5) is 0 Å². The number of hydrogen-bond donors (Lipinski definition) is 1. The lowest BCUT2D eigenvalue weighted by atomic mass is 9.94. The molecule has 2 rings (SSSR count). The molecule has 104 valence electrons. The molecule has 1 aromatic rings. The Hall–Kier alpha value is -1.62. The SMILES string of the molecule is O=C(NCCOCCn1ccnc1)[C@H]1CC=CCC1. The van der Waals surface area contributed by atoms with Crippen molar-refractivity contribution < 1.29 is 9.53 Å². The smallest absolute Gasteiger partial charge is 0.223 e. The fourth-order valence-corrected chi connectivity index (χ4v) is 2.11. The number of rotatable bonds is 7. The summed E-state index contributed by atoms with van der Waals surface area (Å²) in [7, 11) is 0. The van der Waals surface area contributed by atoms with E-state index < -0.39 is 0 Å². The Morgan fingerprint density at radius 3 is 3.11 bits per heavy atom. The first kappa shape index (κ1) is 13.8. The third-order valence-corrected chi connectivity index (χ3v) is 3.24. The minimum absolute atomic E-state index is 0.149. The van der Waals surface area contributed by atoms with Gasteiger partial charge in [-0.1, -0.05) is 12.2 Å². The van der Waals surface area contributed by atoms with Gasteiger partial charge in [0.25, 0.3) is 0 Å². The van der Waals surface area contributed by atoms with Crippen LogP contribution in [0.1, 0.15) is 19.3 Å². The molecule has 0 saturated heterocycles. The third kappa shape index (κ3) is 4.87. The minimum atomic E-state index is 0.149. The molecule has 1 atom stereocenters. The highest BCUT2D eigenvalue weighted by Gasteiger charge is 2.17. The van der Waals surface area contributed by atoms with Crippen LogP contribution >= 0.6 is 0 Å². The first-order valence-electron chi connectivity index (χ1n) is 6.82. The number of nitrogens with one attached hydrogen (secondary N) is 1. The fourth-order valence-electron chi connectivity index (χ4n) is 2.11. The van der Waals surface area contributed by atoms with Crippen LogP contribution in [0.25, 0.3) is 0 Å². The summed E-state index contributed by atoms with van der Waals surface area (Å²) in [6, 6.07) is 0. The second kappa shape index (κ2) is 7.74. The molecule has 0 aliphatic heterocycles. The summed E-state index contributed by atoms with van der Waals surface area (Å²) in [5.74, 6) is 0.304. The maximum absolute atomic E-state index is 11.8. The number of aromatic nitrogens is 2. The van der Waals surface area contributed by atoms with Crippen molar-refractivity contribution in [3.05, 3.63) is 30.9 Å². The van der Waals surface area contributed by atoms with E-state index in [0.717, 1.165) is 25.8 Å². The van der Waals surface area contributed by atoms with E-state index in [0.29, 0.717) is 19.8 Å². The van der Waals surface area contributed by atoms with Gasteiger partial charge in [0.2, 0.25) is 5.91 Å². The molecule has 5 heteroatoms. The van der Waals surface area contributed by atoms with E-state index >= 15 is 0 Å². The molecule has 0 spiro atoms. The molecule has 1 aliphatic rings. The molecular weight excluding hydrogens is 242 g/mol. The number of nitrogens with zero attached hydrogens (tertiary/aromatic N) is 2. The first-order chi connectivity index (χ1) is 9.36. The topological polar surface area (TPSA) is 56.1 Å². The summed E-state index contributed by atoms with van der Waals surface area (Å²) >= 11 is 0. The number of allylic oxidation sites excluding steroid dienone is 2. The highest BCUT2D eigenvalue weighted by molar-refractivity contribution is 5.78. The Morgan fingerprint density at radius 2 is 2.37 bits per heavy atom. The summed E-state index contributed by atoms with van der Waals surface area (Å²) in [5, 5.41) is 2.93. The number of ether oxygens (including phenoxy) is 1. The van der Waals surface area contributed by atoms with E-state index in [-0.39, 0.29) is 11.8 Å². The third-order valence-electron chi connectivity index (χ3n) is 3.24. The molecule has 0 radical (unpaired) electrons. The average Bonchev–Trinajstić information content (AvgIpc) is 2.96. The van der Waals surface area contributed by atoms with Gasteiger partial charge in [-0.25, -0.2) is 4.98 Å². The van der Waals surface area contributed by atoms with Crippen LogP contribution in [-0.2, 0) is 16.1 Å². The maximum Gasteiger partial charge on any atom is 0.223 e. The molecule has 0 fully saturated rings. The van der Waals surface area contributed by atoms with Crippen molar-refractivity contribution in [1.29, 1.82) is 0 Å². The van der Waals surface area contributed by atoms with Gasteiger partial charge in [-0.05, 0) is 19.3 Å². The Labute approximate surface area is 113 Å². The highest BCUT2D eigenvalue weighted by Crippen LogP contribution is 2.17. The summed E-state index contributed by atoms with van der Waals surface area (Å²) in [5.41, 5.74) is 0. The van der Waals surface area contributed by atoms with Gasteiger partial charge in [-0.3, -0.25) is 4.79 Å². The van der Waals surface area contributed by atoms with Gasteiger partial charge in [-0.15, -0.1) is 0 Å². The minimum Gasteiger partial charge on any atom is -0.378 e. The predicted octanol–water partition coefficient (Wildman–Crippen LogP) is 1.37. The number of hydrogen-bond acceptors (Lipinski definition) is 3. The number of imidazole rings is 1. The fraction of sp³-hybridized carbons (Fsp3) is 0.571. The normalized spacial score (nSPS) is 18.4. The molecule has 1 amide bonds. The van der Waals surface area contributed by atoms with Crippen LogP contribution in [0.5, 0.6) is 0 Å². The second-order valence-corrected chi connectivity index (χ2v) is 4.69. The standard InChI is InChI=1S/C14H21N3O2/c18-14(13-4-2-1-3-5-13)16-7-10-19-11-9-17-8-6-15-12-17/h1-2,6,8,12-13H,3-5,7,9-11H2,(H,16,18)/t13-/m0/s1. The summed E-state index contributed by atoms with van der Waals surface area (Å²) in [6.45, 7) is 2.58.